The summed E-state index contributed by atoms with van der Waals surface area (Å²) in [7, 11) is 0. The molecule has 0 amide bonds. The Kier molecular flexibility index (Phi) is 4.85. The molecule has 0 saturated carbocycles. The van der Waals surface area contributed by atoms with Crippen molar-refractivity contribution in [1.29, 1.82) is 0 Å². The van der Waals surface area contributed by atoms with Gasteiger partial charge in [0.1, 0.15) is 16.9 Å². The number of carboxylic acid groups (broad SMARTS) is 2. The van der Waals surface area contributed by atoms with E-state index in [1.807, 2.05) is 0 Å². The average Bonchev–Trinajstić information content (AvgIpc) is 2.46. The standard InChI is InChI=1S/C16H15ClF2O5/c1-15(13(20)21)6-11(24-10-4-2-3-9(17)5-10)7-16(8-15,12(18)19)14(22)23/h2-6,12H,7-8H2,1H3,(H,20,21)(H,22,23). The average molecular weight is 361 g/mol. The van der Waals surface area contributed by atoms with Crippen LogP contribution in [-0.2, 0) is 9.59 Å². The number of benzene rings is 1. The SMILES string of the molecule is CC1(C(=O)O)C=C(Oc2cccc(Cl)c2)CC(C(=O)O)(C(F)F)C1. The lowest BCUT2D eigenvalue weighted by Gasteiger charge is -2.39. The first kappa shape index (κ1) is 18.2. The maximum absolute atomic E-state index is 13.5. The van der Waals surface area contributed by atoms with Gasteiger partial charge in [0.15, 0.2) is 0 Å². The van der Waals surface area contributed by atoms with Crippen molar-refractivity contribution in [3.63, 3.8) is 0 Å². The van der Waals surface area contributed by atoms with E-state index >= 15 is 0 Å². The summed E-state index contributed by atoms with van der Waals surface area (Å²) in [6.45, 7) is 1.19. The van der Waals surface area contributed by atoms with Crippen LogP contribution in [0.15, 0.2) is 36.1 Å². The maximum Gasteiger partial charge on any atom is 0.315 e. The minimum absolute atomic E-state index is 0.142. The zero-order chi connectivity index (χ0) is 18.1. The van der Waals surface area contributed by atoms with Crippen LogP contribution < -0.4 is 4.74 Å². The van der Waals surface area contributed by atoms with E-state index in [9.17, 15) is 28.6 Å². The summed E-state index contributed by atoms with van der Waals surface area (Å²) in [4.78, 5) is 23.0. The van der Waals surface area contributed by atoms with Crippen molar-refractivity contribution in [3.8, 4) is 5.75 Å². The van der Waals surface area contributed by atoms with Crippen molar-refractivity contribution >= 4 is 23.5 Å². The first-order valence-corrected chi connectivity index (χ1v) is 7.37. The number of alkyl halides is 2. The Morgan fingerprint density at radius 1 is 1.29 bits per heavy atom. The van der Waals surface area contributed by atoms with E-state index in [2.05, 4.69) is 0 Å². The van der Waals surface area contributed by atoms with E-state index < -0.39 is 42.0 Å². The lowest BCUT2D eigenvalue weighted by molar-refractivity contribution is -0.168. The third-order valence-electron chi connectivity index (χ3n) is 4.03. The third kappa shape index (κ3) is 3.36. The fourth-order valence-corrected chi connectivity index (χ4v) is 2.95. The van der Waals surface area contributed by atoms with Crippen LogP contribution in [0.5, 0.6) is 5.75 Å². The van der Waals surface area contributed by atoms with Crippen LogP contribution in [0.2, 0.25) is 5.02 Å². The van der Waals surface area contributed by atoms with Gasteiger partial charge in [-0.25, -0.2) is 8.78 Å². The first-order chi connectivity index (χ1) is 11.1. The van der Waals surface area contributed by atoms with Gasteiger partial charge in [0, 0.05) is 11.4 Å². The van der Waals surface area contributed by atoms with E-state index in [1.165, 1.54) is 25.1 Å². The van der Waals surface area contributed by atoms with E-state index in [0.717, 1.165) is 0 Å². The second kappa shape index (κ2) is 6.39. The summed E-state index contributed by atoms with van der Waals surface area (Å²) < 4.78 is 32.5. The van der Waals surface area contributed by atoms with Gasteiger partial charge in [0.25, 0.3) is 6.43 Å². The molecule has 0 saturated heterocycles. The van der Waals surface area contributed by atoms with Crippen molar-refractivity contribution in [3.05, 3.63) is 41.1 Å². The molecule has 0 bridgehead atoms. The molecule has 130 valence electrons. The molecule has 0 spiro atoms. The zero-order valence-corrected chi connectivity index (χ0v) is 13.4. The number of carboxylic acids is 2. The summed E-state index contributed by atoms with van der Waals surface area (Å²) in [6, 6.07) is 6.06. The van der Waals surface area contributed by atoms with Gasteiger partial charge in [-0.2, -0.15) is 0 Å². The molecule has 0 heterocycles. The Bertz CT molecular complexity index is 705. The van der Waals surface area contributed by atoms with Gasteiger partial charge in [0.05, 0.1) is 5.41 Å². The Morgan fingerprint density at radius 2 is 1.96 bits per heavy atom. The topological polar surface area (TPSA) is 83.8 Å². The maximum atomic E-state index is 13.5. The van der Waals surface area contributed by atoms with Gasteiger partial charge in [0.2, 0.25) is 0 Å². The van der Waals surface area contributed by atoms with E-state index in [-0.39, 0.29) is 11.5 Å². The predicted molar refractivity (Wildman–Crippen MR) is 81.2 cm³/mol. The van der Waals surface area contributed by atoms with Gasteiger partial charge in [-0.05, 0) is 37.6 Å². The normalized spacial score (nSPS) is 26.8. The number of rotatable bonds is 5. The molecule has 2 unspecified atom stereocenters. The molecule has 1 aromatic carbocycles. The molecule has 1 aliphatic carbocycles. The Morgan fingerprint density at radius 3 is 2.46 bits per heavy atom. The molecule has 8 heteroatoms. The van der Waals surface area contributed by atoms with Crippen LogP contribution in [-0.4, -0.2) is 28.6 Å². The highest BCUT2D eigenvalue weighted by Gasteiger charge is 2.57. The summed E-state index contributed by atoms with van der Waals surface area (Å²) in [5.74, 6) is -3.10. The number of halogens is 3. The Hall–Kier alpha value is -2.15. The van der Waals surface area contributed by atoms with Gasteiger partial charge in [-0.1, -0.05) is 17.7 Å². The minimum atomic E-state index is -3.25. The van der Waals surface area contributed by atoms with Crippen molar-refractivity contribution in [2.75, 3.05) is 0 Å². The van der Waals surface area contributed by atoms with E-state index in [1.54, 1.807) is 12.1 Å². The highest BCUT2D eigenvalue weighted by Crippen LogP contribution is 2.49. The first-order valence-electron chi connectivity index (χ1n) is 6.99. The fourth-order valence-electron chi connectivity index (χ4n) is 2.77. The number of aliphatic carboxylic acids is 2. The Balaban J connectivity index is 2.47. The molecule has 0 radical (unpaired) electrons. The van der Waals surface area contributed by atoms with Crippen LogP contribution in [0.1, 0.15) is 19.8 Å². The zero-order valence-electron chi connectivity index (χ0n) is 12.6. The van der Waals surface area contributed by atoms with Crippen molar-refractivity contribution in [2.45, 2.75) is 26.2 Å². The molecule has 2 N–H and O–H groups in total. The number of allylic oxidation sites excluding steroid dienone is 1. The van der Waals surface area contributed by atoms with Crippen LogP contribution in [0.25, 0.3) is 0 Å². The molecule has 24 heavy (non-hydrogen) atoms. The monoisotopic (exact) mass is 360 g/mol. The molecule has 0 aromatic heterocycles. The quantitative estimate of drug-likeness (QED) is 0.833. The third-order valence-corrected chi connectivity index (χ3v) is 4.26. The summed E-state index contributed by atoms with van der Waals surface area (Å²) in [5, 5.41) is 19.0. The highest BCUT2D eigenvalue weighted by atomic mass is 35.5. The van der Waals surface area contributed by atoms with Crippen LogP contribution >= 0.6 is 11.6 Å². The van der Waals surface area contributed by atoms with Gasteiger partial charge < -0.3 is 14.9 Å². The van der Waals surface area contributed by atoms with E-state index in [0.29, 0.717) is 5.02 Å². The van der Waals surface area contributed by atoms with Crippen LogP contribution in [0.4, 0.5) is 8.78 Å². The lowest BCUT2D eigenvalue weighted by atomic mass is 9.65. The van der Waals surface area contributed by atoms with Crippen LogP contribution in [0.3, 0.4) is 0 Å². The molecule has 2 atom stereocenters. The van der Waals surface area contributed by atoms with Gasteiger partial charge in [-0.3, -0.25) is 9.59 Å². The lowest BCUT2D eigenvalue weighted by Crippen LogP contribution is -2.48. The van der Waals surface area contributed by atoms with Gasteiger partial charge in [-0.15, -0.1) is 0 Å². The summed E-state index contributed by atoms with van der Waals surface area (Å²) in [5.41, 5.74) is -4.32. The second-order valence-electron chi connectivity index (χ2n) is 6.01. The smallest absolute Gasteiger partial charge is 0.315 e. The Labute approximate surface area is 141 Å². The number of hydrogen-bond acceptors (Lipinski definition) is 3. The van der Waals surface area contributed by atoms with Crippen LogP contribution in [0, 0.1) is 10.8 Å². The highest BCUT2D eigenvalue weighted by molar-refractivity contribution is 6.30. The molecular weight excluding hydrogens is 346 g/mol. The molecule has 1 aromatic rings. The molecule has 2 rings (SSSR count). The van der Waals surface area contributed by atoms with Crippen molar-refractivity contribution < 1.29 is 33.3 Å². The van der Waals surface area contributed by atoms with Gasteiger partial charge >= 0.3 is 11.9 Å². The van der Waals surface area contributed by atoms with Crippen molar-refractivity contribution in [2.24, 2.45) is 10.8 Å². The number of ether oxygens (including phenoxy) is 1. The number of carbonyl (C=O) groups is 2. The van der Waals surface area contributed by atoms with E-state index in [4.69, 9.17) is 16.3 Å². The number of hydrogen-bond donors (Lipinski definition) is 2. The second-order valence-corrected chi connectivity index (χ2v) is 6.44. The predicted octanol–water partition coefficient (Wildman–Crippen LogP) is 3.82. The summed E-state index contributed by atoms with van der Waals surface area (Å²) in [6.07, 6.45) is -3.42. The molecular formula is C16H15ClF2O5. The molecule has 1 aliphatic rings. The summed E-state index contributed by atoms with van der Waals surface area (Å²) >= 11 is 5.82. The minimum Gasteiger partial charge on any atom is -0.481 e. The fraction of sp³-hybridized carbons (Fsp3) is 0.375. The molecule has 5 nitrogen and oxygen atoms in total. The molecule has 0 aliphatic heterocycles. The molecule has 0 fully saturated rings. The largest absolute Gasteiger partial charge is 0.481 e. The van der Waals surface area contributed by atoms with Crippen molar-refractivity contribution in [1.82, 2.24) is 0 Å².